The van der Waals surface area contributed by atoms with Crippen LogP contribution in [0.3, 0.4) is 0 Å². The van der Waals surface area contributed by atoms with Crippen LogP contribution in [-0.4, -0.2) is 10.9 Å². The highest BCUT2D eigenvalue weighted by atomic mass is 32.1. The number of fused-ring (bicyclic) bond motifs is 1. The van der Waals surface area contributed by atoms with Gasteiger partial charge in [-0.15, -0.1) is 0 Å². The molecule has 0 saturated heterocycles. The van der Waals surface area contributed by atoms with E-state index in [1.807, 2.05) is 18.2 Å². The summed E-state index contributed by atoms with van der Waals surface area (Å²) in [6.07, 6.45) is 1.11. The van der Waals surface area contributed by atoms with Crippen LogP contribution in [0.25, 0.3) is 10.9 Å². The summed E-state index contributed by atoms with van der Waals surface area (Å²) in [5, 5.41) is 2.50. The van der Waals surface area contributed by atoms with Gasteiger partial charge in [0, 0.05) is 24.2 Å². The van der Waals surface area contributed by atoms with E-state index in [9.17, 15) is 0 Å². The molecule has 0 spiro atoms. The number of benzene rings is 2. The summed E-state index contributed by atoms with van der Waals surface area (Å²) < 4.78 is 4.56. The van der Waals surface area contributed by atoms with E-state index in [0.717, 1.165) is 30.7 Å². The molecule has 0 atom stereocenters. The zero-order valence-corrected chi connectivity index (χ0v) is 12.9. The van der Waals surface area contributed by atoms with E-state index in [1.165, 1.54) is 16.0 Å². The van der Waals surface area contributed by atoms with Crippen LogP contribution in [-0.2, 0) is 6.54 Å². The molecule has 21 heavy (non-hydrogen) atoms. The fourth-order valence-electron chi connectivity index (χ4n) is 2.47. The maximum absolute atomic E-state index is 5.76. The average Bonchev–Trinajstić information content (AvgIpc) is 2.93. The Morgan fingerprint density at radius 3 is 2.62 bits per heavy atom. The molecule has 3 rings (SSSR count). The van der Waals surface area contributed by atoms with Crippen molar-refractivity contribution in [2.24, 2.45) is 0 Å². The van der Waals surface area contributed by atoms with Crippen LogP contribution in [0.1, 0.15) is 18.9 Å². The molecular formula is C17H19N3S. The molecule has 2 N–H and O–H groups in total. The van der Waals surface area contributed by atoms with E-state index in [1.54, 1.807) is 11.5 Å². The van der Waals surface area contributed by atoms with Gasteiger partial charge < -0.3 is 10.6 Å². The maximum Gasteiger partial charge on any atom is 0.120 e. The van der Waals surface area contributed by atoms with E-state index in [0.29, 0.717) is 0 Å². The first-order chi connectivity index (χ1) is 10.3. The number of nitrogens with two attached hydrogens (primary N) is 1. The fraction of sp³-hybridized carbons (Fsp3) is 0.235. The summed E-state index contributed by atoms with van der Waals surface area (Å²) in [5.74, 6) is 0. The summed E-state index contributed by atoms with van der Waals surface area (Å²) in [6, 6.07) is 16.5. The van der Waals surface area contributed by atoms with Crippen LogP contribution < -0.4 is 10.6 Å². The Balaban J connectivity index is 1.92. The summed E-state index contributed by atoms with van der Waals surface area (Å²) in [6.45, 7) is 4.12. The normalized spacial score (nSPS) is 10.9. The zero-order valence-electron chi connectivity index (χ0n) is 12.1. The third-order valence-corrected chi connectivity index (χ3v) is 4.44. The summed E-state index contributed by atoms with van der Waals surface area (Å²) in [5.41, 5.74) is 8.93. The highest BCUT2D eigenvalue weighted by Crippen LogP contribution is 2.32. The van der Waals surface area contributed by atoms with Gasteiger partial charge >= 0.3 is 0 Å². The van der Waals surface area contributed by atoms with E-state index in [-0.39, 0.29) is 0 Å². The Bertz CT molecular complexity index is 718. The second kappa shape index (κ2) is 6.14. The SMILES string of the molecule is CCCN(Cc1ccc(N)cc1)c1snc2ccccc12. The van der Waals surface area contributed by atoms with Gasteiger partial charge in [-0.25, -0.2) is 0 Å². The lowest BCUT2D eigenvalue weighted by Crippen LogP contribution is -2.22. The van der Waals surface area contributed by atoms with Gasteiger partial charge in [-0.1, -0.05) is 31.2 Å². The molecule has 0 bridgehead atoms. The largest absolute Gasteiger partial charge is 0.399 e. The second-order valence-corrected chi connectivity index (χ2v) is 5.92. The molecule has 108 valence electrons. The molecule has 0 radical (unpaired) electrons. The van der Waals surface area contributed by atoms with Crippen molar-refractivity contribution in [3.63, 3.8) is 0 Å². The lowest BCUT2D eigenvalue weighted by Gasteiger charge is -2.22. The number of aromatic nitrogens is 1. The van der Waals surface area contributed by atoms with E-state index < -0.39 is 0 Å². The Kier molecular flexibility index (Phi) is 4.06. The number of hydrogen-bond acceptors (Lipinski definition) is 4. The second-order valence-electron chi connectivity index (χ2n) is 5.17. The van der Waals surface area contributed by atoms with Gasteiger partial charge in [0.15, 0.2) is 0 Å². The minimum absolute atomic E-state index is 0.809. The van der Waals surface area contributed by atoms with Gasteiger partial charge in [0.05, 0.1) is 5.52 Å². The van der Waals surface area contributed by atoms with Crippen LogP contribution in [0.5, 0.6) is 0 Å². The third-order valence-electron chi connectivity index (χ3n) is 3.50. The molecule has 2 aromatic carbocycles. The van der Waals surface area contributed by atoms with E-state index in [4.69, 9.17) is 5.73 Å². The lowest BCUT2D eigenvalue weighted by molar-refractivity contribution is 0.776. The number of nitrogen functional groups attached to an aromatic ring is 1. The van der Waals surface area contributed by atoms with Crippen LogP contribution >= 0.6 is 11.5 Å². The van der Waals surface area contributed by atoms with Crippen molar-refractivity contribution in [3.05, 3.63) is 54.1 Å². The Hall–Kier alpha value is -2.07. The molecule has 0 amide bonds. The molecule has 3 nitrogen and oxygen atoms in total. The average molecular weight is 297 g/mol. The standard InChI is InChI=1S/C17H19N3S/c1-2-11-20(12-13-7-9-14(18)10-8-13)17-15-5-3-4-6-16(15)19-21-17/h3-10H,2,11-12,18H2,1H3. The molecule has 4 heteroatoms. The highest BCUT2D eigenvalue weighted by Gasteiger charge is 2.13. The van der Waals surface area contributed by atoms with Crippen molar-refractivity contribution in [3.8, 4) is 0 Å². The van der Waals surface area contributed by atoms with Crippen molar-refractivity contribution >= 4 is 33.1 Å². The van der Waals surface area contributed by atoms with Gasteiger partial charge in [0.25, 0.3) is 0 Å². The molecule has 3 aromatic rings. The van der Waals surface area contributed by atoms with Gasteiger partial charge in [0.1, 0.15) is 5.00 Å². The molecular weight excluding hydrogens is 278 g/mol. The van der Waals surface area contributed by atoms with Crippen molar-refractivity contribution in [1.82, 2.24) is 4.37 Å². The Labute approximate surface area is 129 Å². The smallest absolute Gasteiger partial charge is 0.120 e. The first-order valence-corrected chi connectivity index (χ1v) is 7.99. The van der Waals surface area contributed by atoms with E-state index in [2.05, 4.69) is 46.5 Å². The monoisotopic (exact) mass is 297 g/mol. The predicted octanol–water partition coefficient (Wildman–Crippen LogP) is 4.30. The lowest BCUT2D eigenvalue weighted by atomic mass is 10.2. The number of rotatable bonds is 5. The number of hydrogen-bond donors (Lipinski definition) is 1. The van der Waals surface area contributed by atoms with Gasteiger partial charge in [-0.2, -0.15) is 4.37 Å². The maximum atomic E-state index is 5.76. The van der Waals surface area contributed by atoms with Crippen molar-refractivity contribution < 1.29 is 0 Å². The van der Waals surface area contributed by atoms with Gasteiger partial charge in [-0.05, 0) is 47.8 Å². The molecule has 0 aliphatic heterocycles. The predicted molar refractivity (Wildman–Crippen MR) is 91.8 cm³/mol. The van der Waals surface area contributed by atoms with E-state index >= 15 is 0 Å². The fourth-order valence-corrected chi connectivity index (χ4v) is 3.36. The summed E-state index contributed by atoms with van der Waals surface area (Å²) >= 11 is 1.58. The van der Waals surface area contributed by atoms with Crippen LogP contribution in [0.15, 0.2) is 48.5 Å². The first-order valence-electron chi connectivity index (χ1n) is 7.21. The minimum Gasteiger partial charge on any atom is -0.399 e. The van der Waals surface area contributed by atoms with Crippen molar-refractivity contribution in [2.45, 2.75) is 19.9 Å². The van der Waals surface area contributed by atoms with Gasteiger partial charge in [0.2, 0.25) is 0 Å². The topological polar surface area (TPSA) is 42.1 Å². The first kappa shape index (κ1) is 13.9. The minimum atomic E-state index is 0.809. The quantitative estimate of drug-likeness (QED) is 0.714. The molecule has 0 fully saturated rings. The molecule has 1 heterocycles. The Morgan fingerprint density at radius 2 is 1.86 bits per heavy atom. The van der Waals surface area contributed by atoms with Crippen molar-refractivity contribution in [2.75, 3.05) is 17.2 Å². The Morgan fingerprint density at radius 1 is 1.10 bits per heavy atom. The van der Waals surface area contributed by atoms with Crippen molar-refractivity contribution in [1.29, 1.82) is 0 Å². The highest BCUT2D eigenvalue weighted by molar-refractivity contribution is 7.11. The van der Waals surface area contributed by atoms with Gasteiger partial charge in [-0.3, -0.25) is 0 Å². The number of anilines is 2. The number of nitrogens with zero attached hydrogens (tertiary/aromatic N) is 2. The third kappa shape index (κ3) is 3.00. The summed E-state index contributed by atoms with van der Waals surface area (Å²) in [4.78, 5) is 2.41. The molecule has 1 aromatic heterocycles. The van der Waals surface area contributed by atoms with Crippen LogP contribution in [0, 0.1) is 0 Å². The summed E-state index contributed by atoms with van der Waals surface area (Å²) in [7, 11) is 0. The zero-order chi connectivity index (χ0) is 14.7. The molecule has 0 saturated carbocycles. The molecule has 0 unspecified atom stereocenters. The molecule has 0 aliphatic rings. The van der Waals surface area contributed by atoms with Crippen LogP contribution in [0.2, 0.25) is 0 Å². The van der Waals surface area contributed by atoms with Crippen LogP contribution in [0.4, 0.5) is 10.7 Å². The molecule has 0 aliphatic carbocycles.